The monoisotopic (exact) mass is 220 g/mol. The number of nitrogens with one attached hydrogen (secondary N) is 1. The lowest BCUT2D eigenvalue weighted by atomic mass is 10.0. The third-order valence-corrected chi connectivity index (χ3v) is 2.62. The first kappa shape index (κ1) is 12.7. The topological polar surface area (TPSA) is 55.1 Å². The highest BCUT2D eigenvalue weighted by Gasteiger charge is 2.11. The minimum Gasteiger partial charge on any atom is -0.330 e. The maximum atomic E-state index is 11.6. The predicted octanol–water partition coefficient (Wildman–Crippen LogP) is 2.34. The first-order valence-corrected chi connectivity index (χ1v) is 5.65. The highest BCUT2D eigenvalue weighted by atomic mass is 16.1. The van der Waals surface area contributed by atoms with Crippen LogP contribution in [0.4, 0.5) is 5.69 Å². The number of benzene rings is 1. The van der Waals surface area contributed by atoms with Gasteiger partial charge >= 0.3 is 0 Å². The maximum Gasteiger partial charge on any atom is 0.228 e. The first-order valence-electron chi connectivity index (χ1n) is 5.65. The lowest BCUT2D eigenvalue weighted by molar-refractivity contribution is -0.119. The summed E-state index contributed by atoms with van der Waals surface area (Å²) in [6.45, 7) is 6.45. The zero-order valence-electron chi connectivity index (χ0n) is 10.2. The number of anilines is 1. The quantitative estimate of drug-likeness (QED) is 0.818. The molecule has 0 aliphatic carbocycles. The van der Waals surface area contributed by atoms with Crippen LogP contribution in [0.15, 0.2) is 24.3 Å². The van der Waals surface area contributed by atoms with Gasteiger partial charge < -0.3 is 11.1 Å². The van der Waals surface area contributed by atoms with Crippen molar-refractivity contribution in [1.29, 1.82) is 0 Å². The van der Waals surface area contributed by atoms with E-state index < -0.39 is 0 Å². The molecule has 0 aliphatic rings. The van der Waals surface area contributed by atoms with Gasteiger partial charge in [-0.3, -0.25) is 4.79 Å². The second-order valence-corrected chi connectivity index (χ2v) is 4.41. The van der Waals surface area contributed by atoms with Gasteiger partial charge in [0.25, 0.3) is 0 Å². The molecule has 88 valence electrons. The summed E-state index contributed by atoms with van der Waals surface area (Å²) in [5, 5.41) is 2.87. The van der Waals surface area contributed by atoms with E-state index >= 15 is 0 Å². The predicted molar refractivity (Wildman–Crippen MR) is 67.4 cm³/mol. The molecule has 0 saturated heterocycles. The van der Waals surface area contributed by atoms with Crippen LogP contribution in [0.3, 0.4) is 0 Å². The largest absolute Gasteiger partial charge is 0.330 e. The molecule has 3 N–H and O–H groups in total. The Balaban J connectivity index is 2.74. The van der Waals surface area contributed by atoms with Crippen molar-refractivity contribution < 1.29 is 4.79 Å². The van der Waals surface area contributed by atoms with Crippen molar-refractivity contribution >= 4 is 11.6 Å². The summed E-state index contributed by atoms with van der Waals surface area (Å²) in [6.07, 6.45) is 0. The van der Waals surface area contributed by atoms with Gasteiger partial charge in [-0.2, -0.15) is 0 Å². The molecule has 1 aromatic carbocycles. The smallest absolute Gasteiger partial charge is 0.228 e. The Bertz CT molecular complexity index is 361. The third-order valence-electron chi connectivity index (χ3n) is 2.62. The fraction of sp³-hybridized carbons (Fsp3) is 0.462. The summed E-state index contributed by atoms with van der Waals surface area (Å²) < 4.78 is 0. The average Bonchev–Trinajstić information content (AvgIpc) is 2.28. The first-order chi connectivity index (χ1) is 7.54. The van der Waals surface area contributed by atoms with Crippen LogP contribution in [-0.2, 0) is 4.79 Å². The standard InChI is InChI=1S/C13H20N2O/c1-9(2)11-5-4-6-12(7-11)15-13(16)10(3)8-14/h4-7,9-10H,8,14H2,1-3H3,(H,15,16). The molecule has 1 unspecified atom stereocenters. The van der Waals surface area contributed by atoms with Crippen LogP contribution in [0.1, 0.15) is 32.3 Å². The molecule has 3 heteroatoms. The molecule has 3 nitrogen and oxygen atoms in total. The second-order valence-electron chi connectivity index (χ2n) is 4.41. The molecule has 0 aliphatic heterocycles. The Morgan fingerprint density at radius 3 is 2.62 bits per heavy atom. The highest BCUT2D eigenvalue weighted by Crippen LogP contribution is 2.18. The van der Waals surface area contributed by atoms with E-state index in [4.69, 9.17) is 5.73 Å². The van der Waals surface area contributed by atoms with E-state index in [2.05, 4.69) is 25.2 Å². The van der Waals surface area contributed by atoms with Gasteiger partial charge in [-0.1, -0.05) is 32.9 Å². The van der Waals surface area contributed by atoms with E-state index in [1.165, 1.54) is 5.56 Å². The summed E-state index contributed by atoms with van der Waals surface area (Å²) in [6, 6.07) is 7.92. The fourth-order valence-corrected chi connectivity index (χ4v) is 1.35. The van der Waals surface area contributed by atoms with Gasteiger partial charge in [0, 0.05) is 18.2 Å². The van der Waals surface area contributed by atoms with E-state index in [-0.39, 0.29) is 11.8 Å². The number of hydrogen-bond acceptors (Lipinski definition) is 2. The van der Waals surface area contributed by atoms with E-state index in [9.17, 15) is 4.79 Å². The van der Waals surface area contributed by atoms with E-state index in [1.54, 1.807) is 0 Å². The number of carbonyl (C=O) groups excluding carboxylic acids is 1. The van der Waals surface area contributed by atoms with Crippen molar-refractivity contribution in [3.8, 4) is 0 Å². The van der Waals surface area contributed by atoms with Crippen LogP contribution in [-0.4, -0.2) is 12.5 Å². The minimum absolute atomic E-state index is 0.0246. The van der Waals surface area contributed by atoms with Crippen molar-refractivity contribution in [3.63, 3.8) is 0 Å². The van der Waals surface area contributed by atoms with Gasteiger partial charge in [-0.25, -0.2) is 0 Å². The van der Waals surface area contributed by atoms with Gasteiger partial charge in [0.15, 0.2) is 0 Å². The minimum atomic E-state index is -0.150. The van der Waals surface area contributed by atoms with Gasteiger partial charge in [-0.05, 0) is 23.6 Å². The summed E-state index contributed by atoms with van der Waals surface area (Å²) in [5.41, 5.74) is 7.51. The van der Waals surface area contributed by atoms with Gasteiger partial charge in [-0.15, -0.1) is 0 Å². The van der Waals surface area contributed by atoms with Crippen LogP contribution >= 0.6 is 0 Å². The lowest BCUT2D eigenvalue weighted by Crippen LogP contribution is -2.26. The van der Waals surface area contributed by atoms with E-state index in [0.717, 1.165) is 5.69 Å². The Morgan fingerprint density at radius 1 is 1.38 bits per heavy atom. The highest BCUT2D eigenvalue weighted by molar-refractivity contribution is 5.92. The summed E-state index contributed by atoms with van der Waals surface area (Å²) in [4.78, 5) is 11.6. The van der Waals surface area contributed by atoms with Crippen LogP contribution in [0, 0.1) is 5.92 Å². The molecule has 16 heavy (non-hydrogen) atoms. The molecule has 0 saturated carbocycles. The lowest BCUT2D eigenvalue weighted by Gasteiger charge is -2.12. The van der Waals surface area contributed by atoms with Crippen molar-refractivity contribution in [2.75, 3.05) is 11.9 Å². The van der Waals surface area contributed by atoms with Crippen LogP contribution in [0.5, 0.6) is 0 Å². The SMILES string of the molecule is CC(CN)C(=O)Nc1cccc(C(C)C)c1. The molecule has 1 rings (SSSR count). The molecule has 0 fully saturated rings. The normalized spacial score (nSPS) is 12.6. The van der Waals surface area contributed by atoms with Crippen molar-refractivity contribution in [2.45, 2.75) is 26.7 Å². The molecule has 0 spiro atoms. The van der Waals surface area contributed by atoms with E-state index in [1.807, 2.05) is 25.1 Å². The van der Waals surface area contributed by atoms with Gasteiger partial charge in [0.2, 0.25) is 5.91 Å². The molecular formula is C13H20N2O. The van der Waals surface area contributed by atoms with Crippen LogP contribution < -0.4 is 11.1 Å². The Kier molecular flexibility index (Phi) is 4.50. The summed E-state index contributed by atoms with van der Waals surface area (Å²) >= 11 is 0. The van der Waals surface area contributed by atoms with Crippen LogP contribution in [0.25, 0.3) is 0 Å². The number of amides is 1. The number of rotatable bonds is 4. The average molecular weight is 220 g/mol. The second kappa shape index (κ2) is 5.66. The summed E-state index contributed by atoms with van der Waals surface area (Å²) in [7, 11) is 0. The zero-order valence-corrected chi connectivity index (χ0v) is 10.2. The fourth-order valence-electron chi connectivity index (χ4n) is 1.35. The molecule has 0 radical (unpaired) electrons. The van der Waals surface area contributed by atoms with E-state index in [0.29, 0.717) is 12.5 Å². The zero-order chi connectivity index (χ0) is 12.1. The van der Waals surface area contributed by atoms with Gasteiger partial charge in [0.1, 0.15) is 0 Å². The Labute approximate surface area is 97.0 Å². The molecule has 0 heterocycles. The summed E-state index contributed by atoms with van der Waals surface area (Å²) in [5.74, 6) is 0.287. The molecule has 0 bridgehead atoms. The number of nitrogens with two attached hydrogens (primary N) is 1. The molecule has 1 amide bonds. The van der Waals surface area contributed by atoms with Crippen molar-refractivity contribution in [1.82, 2.24) is 0 Å². The maximum absolute atomic E-state index is 11.6. The Hall–Kier alpha value is -1.35. The van der Waals surface area contributed by atoms with Crippen molar-refractivity contribution in [2.24, 2.45) is 11.7 Å². The molecular weight excluding hydrogens is 200 g/mol. The van der Waals surface area contributed by atoms with Crippen LogP contribution in [0.2, 0.25) is 0 Å². The third kappa shape index (κ3) is 3.35. The molecule has 0 aromatic heterocycles. The molecule has 1 aromatic rings. The van der Waals surface area contributed by atoms with Gasteiger partial charge in [0.05, 0.1) is 0 Å². The molecule has 1 atom stereocenters. The Morgan fingerprint density at radius 2 is 2.06 bits per heavy atom. The number of hydrogen-bond donors (Lipinski definition) is 2. The number of carbonyl (C=O) groups is 1. The van der Waals surface area contributed by atoms with Crippen molar-refractivity contribution in [3.05, 3.63) is 29.8 Å².